The van der Waals surface area contributed by atoms with Crippen LogP contribution in [-0.4, -0.2) is 56.2 Å². The highest BCUT2D eigenvalue weighted by atomic mass is 35.5. The van der Waals surface area contributed by atoms with Gasteiger partial charge >= 0.3 is 0 Å². The van der Waals surface area contributed by atoms with E-state index in [4.69, 9.17) is 16.6 Å². The number of nitrogens with zero attached hydrogens (tertiary/aromatic N) is 3. The number of aliphatic hydroxyl groups excluding tert-OH is 1. The Morgan fingerprint density at radius 3 is 2.80 bits per heavy atom. The lowest BCUT2D eigenvalue weighted by molar-refractivity contribution is 0.306. The highest BCUT2D eigenvalue weighted by molar-refractivity contribution is 7.98. The fourth-order valence-electron chi connectivity index (χ4n) is 3.91. The molecule has 2 aliphatic heterocycles. The van der Waals surface area contributed by atoms with E-state index >= 15 is 0 Å². The molecule has 0 aliphatic carbocycles. The van der Waals surface area contributed by atoms with Gasteiger partial charge in [0.2, 0.25) is 0 Å². The van der Waals surface area contributed by atoms with Crippen molar-refractivity contribution in [1.82, 2.24) is 4.90 Å². The minimum atomic E-state index is -3.40. The predicted molar refractivity (Wildman–Crippen MR) is 126 cm³/mol. The lowest BCUT2D eigenvalue weighted by Gasteiger charge is -2.30. The lowest BCUT2D eigenvalue weighted by atomic mass is 9.93. The van der Waals surface area contributed by atoms with Gasteiger partial charge in [0.1, 0.15) is 5.84 Å². The number of hydrogen-bond donors (Lipinski definition) is 1. The predicted octanol–water partition coefficient (Wildman–Crippen LogP) is 4.43. The second-order valence-corrected chi connectivity index (χ2v) is 9.92. The third-order valence-electron chi connectivity index (χ3n) is 5.31. The highest BCUT2D eigenvalue weighted by Gasteiger charge is 2.28. The van der Waals surface area contributed by atoms with Gasteiger partial charge in [-0.25, -0.2) is 8.42 Å². The van der Waals surface area contributed by atoms with Gasteiger partial charge < -0.3 is 10.0 Å². The van der Waals surface area contributed by atoms with E-state index in [0.29, 0.717) is 43.8 Å². The summed E-state index contributed by atoms with van der Waals surface area (Å²) in [5, 5.41) is 11.3. The normalized spacial score (nSPS) is 23.7. The summed E-state index contributed by atoms with van der Waals surface area (Å²) in [4.78, 5) is 11.9. The van der Waals surface area contributed by atoms with Gasteiger partial charge in [-0.1, -0.05) is 44.9 Å². The number of aliphatic imine (C=N–C) groups is 2. The fourth-order valence-corrected chi connectivity index (χ4v) is 5.69. The number of hydrogen-bond acceptors (Lipinski definition) is 6. The molecule has 6 nitrogen and oxygen atoms in total. The van der Waals surface area contributed by atoms with Gasteiger partial charge in [-0.05, 0) is 31.3 Å². The van der Waals surface area contributed by atoms with Crippen LogP contribution in [0.4, 0.5) is 0 Å². The quantitative estimate of drug-likeness (QED) is 0.587. The number of halogens is 1. The minimum absolute atomic E-state index is 0.00760. The van der Waals surface area contributed by atoms with Crippen LogP contribution in [0.2, 0.25) is 0 Å². The van der Waals surface area contributed by atoms with E-state index in [2.05, 4.69) is 11.9 Å². The Balaban J connectivity index is 2.33. The number of aliphatic hydroxyl groups is 1. The number of amidine groups is 1. The van der Waals surface area contributed by atoms with Crippen LogP contribution in [0, 0.1) is 5.92 Å². The van der Waals surface area contributed by atoms with Gasteiger partial charge in [0.25, 0.3) is 0 Å². The second kappa shape index (κ2) is 11.8. The monoisotopic (exact) mass is 455 g/mol. The first-order valence-corrected chi connectivity index (χ1v) is 12.7. The molecule has 168 valence electrons. The topological polar surface area (TPSA) is 82.3 Å². The molecule has 0 aromatic heterocycles. The minimum Gasteiger partial charge on any atom is -0.394 e. The van der Waals surface area contributed by atoms with E-state index in [0.717, 1.165) is 41.4 Å². The molecule has 1 unspecified atom stereocenters. The maximum absolute atomic E-state index is 12.7. The van der Waals surface area contributed by atoms with E-state index in [9.17, 15) is 13.5 Å². The summed E-state index contributed by atoms with van der Waals surface area (Å²) >= 11 is 6.35. The fraction of sp³-hybridized carbons (Fsp3) is 0.636. The van der Waals surface area contributed by atoms with Crippen molar-refractivity contribution in [2.45, 2.75) is 59.3 Å². The summed E-state index contributed by atoms with van der Waals surface area (Å²) < 4.78 is 25.4. The van der Waals surface area contributed by atoms with Crippen LogP contribution in [0.1, 0.15) is 59.3 Å². The summed E-state index contributed by atoms with van der Waals surface area (Å²) in [5.74, 6) is 0.920. The number of sulfone groups is 1. The summed E-state index contributed by atoms with van der Waals surface area (Å²) in [5.41, 5.74) is 1.92. The molecule has 8 heteroatoms. The maximum Gasteiger partial charge on any atom is 0.197 e. The Bertz CT molecular complexity index is 857. The second-order valence-electron chi connectivity index (χ2n) is 7.58. The molecule has 0 aromatic carbocycles. The SMILES string of the molecule is CCC=C(Cl)CC1CN=C(N2C=CS(=O)(=O)C(CC)=C(CCC)C2)CC1=NCCO. The van der Waals surface area contributed by atoms with Crippen molar-refractivity contribution in [3.05, 3.63) is 33.2 Å². The van der Waals surface area contributed by atoms with Crippen LogP contribution < -0.4 is 0 Å². The molecule has 2 aliphatic rings. The summed E-state index contributed by atoms with van der Waals surface area (Å²) in [7, 11) is -3.40. The Morgan fingerprint density at radius 2 is 2.17 bits per heavy atom. The molecule has 2 heterocycles. The van der Waals surface area contributed by atoms with Crippen LogP contribution in [0.15, 0.2) is 43.2 Å². The standard InChI is InChI=1S/C22H34ClN3O3S/c1-4-7-17-16-26(10-12-30(28,29)21(17)6-3)22-14-20(24-9-11-27)18(15-25-22)13-19(23)8-5-2/h8,10,12,18,27H,4-7,9,11,13-16H2,1-3H3. The molecule has 0 saturated heterocycles. The Morgan fingerprint density at radius 1 is 1.40 bits per heavy atom. The lowest BCUT2D eigenvalue weighted by Crippen LogP contribution is -2.36. The van der Waals surface area contributed by atoms with E-state index in [1.54, 1.807) is 6.20 Å². The average molecular weight is 456 g/mol. The molecule has 0 fully saturated rings. The molecule has 0 bridgehead atoms. The Hall–Kier alpha value is -1.44. The molecule has 0 radical (unpaired) electrons. The molecular formula is C22H34ClN3O3S. The molecule has 1 atom stereocenters. The van der Waals surface area contributed by atoms with Crippen molar-refractivity contribution in [3.8, 4) is 0 Å². The molecule has 0 spiro atoms. The van der Waals surface area contributed by atoms with Crippen LogP contribution in [-0.2, 0) is 9.84 Å². The largest absolute Gasteiger partial charge is 0.394 e. The first-order valence-electron chi connectivity index (χ1n) is 10.8. The van der Waals surface area contributed by atoms with Crippen LogP contribution >= 0.6 is 11.6 Å². The zero-order valence-corrected chi connectivity index (χ0v) is 19.8. The number of allylic oxidation sites excluding steroid dienone is 3. The zero-order valence-electron chi connectivity index (χ0n) is 18.3. The first-order chi connectivity index (χ1) is 14.4. The summed E-state index contributed by atoms with van der Waals surface area (Å²) in [6.45, 7) is 7.42. The molecule has 0 amide bonds. The van der Waals surface area contributed by atoms with Crippen molar-refractivity contribution in [3.63, 3.8) is 0 Å². The van der Waals surface area contributed by atoms with Gasteiger partial charge in [0.15, 0.2) is 9.84 Å². The molecule has 2 rings (SSSR count). The van der Waals surface area contributed by atoms with Crippen molar-refractivity contribution in [1.29, 1.82) is 0 Å². The van der Waals surface area contributed by atoms with Gasteiger partial charge in [-0.2, -0.15) is 0 Å². The third kappa shape index (κ3) is 6.53. The van der Waals surface area contributed by atoms with Gasteiger partial charge in [-0.3, -0.25) is 9.98 Å². The molecule has 1 N–H and O–H groups in total. The van der Waals surface area contributed by atoms with Crippen molar-refractivity contribution in [2.24, 2.45) is 15.9 Å². The molecule has 0 saturated carbocycles. The van der Waals surface area contributed by atoms with E-state index in [1.807, 2.05) is 24.8 Å². The number of rotatable bonds is 8. The Kier molecular flexibility index (Phi) is 9.78. The van der Waals surface area contributed by atoms with Crippen molar-refractivity contribution >= 4 is 33.0 Å². The molecule has 30 heavy (non-hydrogen) atoms. The van der Waals surface area contributed by atoms with Crippen LogP contribution in [0.25, 0.3) is 0 Å². The van der Waals surface area contributed by atoms with Gasteiger partial charge in [0.05, 0.1) is 18.6 Å². The Labute approximate surface area is 186 Å². The highest BCUT2D eigenvalue weighted by Crippen LogP contribution is 2.28. The first kappa shape index (κ1) is 24.8. The van der Waals surface area contributed by atoms with Gasteiger partial charge in [0, 0.05) is 47.3 Å². The maximum atomic E-state index is 12.7. The summed E-state index contributed by atoms with van der Waals surface area (Å²) in [6.07, 6.45) is 7.87. The zero-order chi connectivity index (χ0) is 22.1. The van der Waals surface area contributed by atoms with Crippen LogP contribution in [0.3, 0.4) is 0 Å². The van der Waals surface area contributed by atoms with Crippen molar-refractivity contribution in [2.75, 3.05) is 26.2 Å². The third-order valence-corrected chi connectivity index (χ3v) is 7.36. The molecule has 0 aromatic rings. The van der Waals surface area contributed by atoms with E-state index in [1.165, 1.54) is 5.41 Å². The van der Waals surface area contributed by atoms with E-state index < -0.39 is 9.84 Å². The molecular weight excluding hydrogens is 422 g/mol. The average Bonchev–Trinajstić information content (AvgIpc) is 2.83. The van der Waals surface area contributed by atoms with E-state index in [-0.39, 0.29) is 12.5 Å². The van der Waals surface area contributed by atoms with Crippen molar-refractivity contribution < 1.29 is 13.5 Å². The summed E-state index contributed by atoms with van der Waals surface area (Å²) in [6, 6.07) is 0. The van der Waals surface area contributed by atoms with Gasteiger partial charge in [-0.15, -0.1) is 0 Å². The van der Waals surface area contributed by atoms with Crippen LogP contribution in [0.5, 0.6) is 0 Å². The smallest absolute Gasteiger partial charge is 0.197 e.